The molecule has 2 amide bonds. The SMILES string of the molecule is CC(=O)Nc1ccc(NC(=O)C2CN(c3ccc(C#N)c(Cl)c3)C(C(F)(F)F)O2)cc1. The van der Waals surface area contributed by atoms with Gasteiger partial charge in [0.2, 0.25) is 12.1 Å². The van der Waals surface area contributed by atoms with Crippen molar-refractivity contribution in [2.45, 2.75) is 25.4 Å². The highest BCUT2D eigenvalue weighted by Crippen LogP contribution is 2.36. The van der Waals surface area contributed by atoms with E-state index >= 15 is 0 Å². The van der Waals surface area contributed by atoms with Crippen molar-refractivity contribution in [3.8, 4) is 6.07 Å². The second-order valence-corrected chi connectivity index (χ2v) is 7.10. The second-order valence-electron chi connectivity index (χ2n) is 6.69. The molecule has 0 bridgehead atoms. The predicted octanol–water partition coefficient (Wildman–Crippen LogP) is 3.90. The average Bonchev–Trinajstić information content (AvgIpc) is 3.15. The number of anilines is 3. The maximum Gasteiger partial charge on any atom is 0.433 e. The molecule has 0 aromatic heterocycles. The monoisotopic (exact) mass is 452 g/mol. The molecule has 31 heavy (non-hydrogen) atoms. The van der Waals surface area contributed by atoms with E-state index in [-0.39, 0.29) is 28.7 Å². The van der Waals surface area contributed by atoms with Crippen LogP contribution in [0.15, 0.2) is 42.5 Å². The fourth-order valence-electron chi connectivity index (χ4n) is 3.02. The van der Waals surface area contributed by atoms with Crippen molar-refractivity contribution in [3.63, 3.8) is 0 Å². The summed E-state index contributed by atoms with van der Waals surface area (Å²) in [6, 6.07) is 11.7. The van der Waals surface area contributed by atoms with E-state index in [4.69, 9.17) is 21.6 Å². The van der Waals surface area contributed by atoms with Crippen LogP contribution in [0, 0.1) is 11.3 Å². The van der Waals surface area contributed by atoms with E-state index in [2.05, 4.69) is 10.6 Å². The minimum atomic E-state index is -4.77. The van der Waals surface area contributed by atoms with Crippen molar-refractivity contribution in [3.05, 3.63) is 53.1 Å². The van der Waals surface area contributed by atoms with Gasteiger partial charge in [-0.25, -0.2) is 0 Å². The van der Waals surface area contributed by atoms with Gasteiger partial charge in [0.1, 0.15) is 6.07 Å². The second kappa shape index (κ2) is 8.83. The number of carbonyl (C=O) groups excluding carboxylic acids is 2. The molecule has 0 radical (unpaired) electrons. The van der Waals surface area contributed by atoms with Gasteiger partial charge in [0.25, 0.3) is 5.91 Å². The first kappa shape index (κ1) is 22.4. The molecule has 2 N–H and O–H groups in total. The molecule has 1 heterocycles. The number of benzene rings is 2. The van der Waals surface area contributed by atoms with Crippen molar-refractivity contribution >= 4 is 40.5 Å². The zero-order valence-electron chi connectivity index (χ0n) is 16.0. The van der Waals surface area contributed by atoms with Crippen LogP contribution in [0.5, 0.6) is 0 Å². The Labute approximate surface area is 180 Å². The van der Waals surface area contributed by atoms with E-state index in [0.29, 0.717) is 11.4 Å². The molecule has 1 aliphatic heterocycles. The van der Waals surface area contributed by atoms with E-state index in [1.54, 1.807) is 0 Å². The van der Waals surface area contributed by atoms with Crippen LogP contribution in [0.25, 0.3) is 0 Å². The van der Waals surface area contributed by atoms with E-state index < -0.39 is 24.4 Å². The van der Waals surface area contributed by atoms with Gasteiger partial charge < -0.3 is 20.3 Å². The Hall–Kier alpha value is -3.29. The Morgan fingerprint density at radius 3 is 2.29 bits per heavy atom. The van der Waals surface area contributed by atoms with Gasteiger partial charge in [-0.2, -0.15) is 18.4 Å². The van der Waals surface area contributed by atoms with Gasteiger partial charge >= 0.3 is 6.18 Å². The molecule has 2 atom stereocenters. The number of halogens is 4. The number of ether oxygens (including phenoxy) is 1. The van der Waals surface area contributed by atoms with Gasteiger partial charge in [0.05, 0.1) is 17.1 Å². The van der Waals surface area contributed by atoms with E-state index in [0.717, 1.165) is 4.90 Å². The molecule has 2 aromatic rings. The maximum atomic E-state index is 13.5. The van der Waals surface area contributed by atoms with E-state index in [9.17, 15) is 22.8 Å². The first-order valence-corrected chi connectivity index (χ1v) is 9.33. The van der Waals surface area contributed by atoms with Gasteiger partial charge in [-0.05, 0) is 42.5 Å². The van der Waals surface area contributed by atoms with Crippen molar-refractivity contribution in [2.75, 3.05) is 22.1 Å². The first-order valence-electron chi connectivity index (χ1n) is 8.95. The summed E-state index contributed by atoms with van der Waals surface area (Å²) in [5.41, 5.74) is 1.02. The molecule has 2 aromatic carbocycles. The summed E-state index contributed by atoms with van der Waals surface area (Å²) in [6.07, 6.45) is -8.53. The topological polar surface area (TPSA) is 94.5 Å². The van der Waals surface area contributed by atoms with Crippen molar-refractivity contribution in [1.29, 1.82) is 5.26 Å². The number of hydrogen-bond acceptors (Lipinski definition) is 5. The van der Waals surface area contributed by atoms with Gasteiger partial charge in [0, 0.05) is 24.0 Å². The molecular formula is C20H16ClF3N4O3. The third-order valence-corrected chi connectivity index (χ3v) is 4.70. The van der Waals surface area contributed by atoms with Gasteiger partial charge in [-0.1, -0.05) is 11.6 Å². The lowest BCUT2D eigenvalue weighted by molar-refractivity contribution is -0.212. The highest BCUT2D eigenvalue weighted by atomic mass is 35.5. The summed E-state index contributed by atoms with van der Waals surface area (Å²) in [7, 11) is 0. The number of nitrogens with zero attached hydrogens (tertiary/aromatic N) is 2. The molecule has 1 saturated heterocycles. The number of rotatable bonds is 4. The Morgan fingerprint density at radius 2 is 1.77 bits per heavy atom. The number of amides is 2. The minimum Gasteiger partial charge on any atom is -0.335 e. The lowest BCUT2D eigenvalue weighted by Gasteiger charge is -2.26. The lowest BCUT2D eigenvalue weighted by Crippen LogP contribution is -2.42. The largest absolute Gasteiger partial charge is 0.433 e. The van der Waals surface area contributed by atoms with Crippen LogP contribution >= 0.6 is 11.6 Å². The Bertz CT molecular complexity index is 1040. The number of hydrogen-bond donors (Lipinski definition) is 2. The molecule has 7 nitrogen and oxygen atoms in total. The van der Waals surface area contributed by atoms with Crippen molar-refractivity contribution in [1.82, 2.24) is 0 Å². The van der Waals surface area contributed by atoms with Gasteiger partial charge in [0.15, 0.2) is 6.10 Å². The molecule has 3 rings (SSSR count). The van der Waals surface area contributed by atoms with E-state index in [1.165, 1.54) is 49.4 Å². The third kappa shape index (κ3) is 5.25. The van der Waals surface area contributed by atoms with Crippen molar-refractivity contribution < 1.29 is 27.5 Å². The summed E-state index contributed by atoms with van der Waals surface area (Å²) in [6.45, 7) is 0.971. The van der Waals surface area contributed by atoms with Crippen LogP contribution in [0.1, 0.15) is 12.5 Å². The van der Waals surface area contributed by atoms with Crippen LogP contribution in [-0.2, 0) is 14.3 Å². The smallest absolute Gasteiger partial charge is 0.335 e. The van der Waals surface area contributed by atoms with E-state index in [1.807, 2.05) is 6.07 Å². The molecule has 0 saturated carbocycles. The van der Waals surface area contributed by atoms with Gasteiger partial charge in [-0.15, -0.1) is 0 Å². The number of nitrogens with one attached hydrogen (secondary N) is 2. The molecular weight excluding hydrogens is 437 g/mol. The summed E-state index contributed by atoms with van der Waals surface area (Å²) in [5.74, 6) is -1.03. The van der Waals surface area contributed by atoms with Crippen LogP contribution in [0.2, 0.25) is 5.02 Å². The Balaban J connectivity index is 1.76. The third-order valence-electron chi connectivity index (χ3n) is 4.39. The molecule has 1 fully saturated rings. The molecule has 162 valence electrons. The fourth-order valence-corrected chi connectivity index (χ4v) is 3.24. The summed E-state index contributed by atoms with van der Waals surface area (Å²) < 4.78 is 45.6. The summed E-state index contributed by atoms with van der Waals surface area (Å²) >= 11 is 5.94. The van der Waals surface area contributed by atoms with Crippen molar-refractivity contribution in [2.24, 2.45) is 0 Å². The number of alkyl halides is 3. The molecule has 2 unspecified atom stereocenters. The minimum absolute atomic E-state index is 0.00640. The standard InChI is InChI=1S/C20H16ClF3N4O3/c1-11(29)26-13-3-5-14(6-4-13)27-18(30)17-10-28(19(31-17)20(22,23)24)15-7-2-12(9-25)16(21)8-15/h2-8,17,19H,10H2,1H3,(H,26,29)(H,27,30). The zero-order valence-corrected chi connectivity index (χ0v) is 16.8. The maximum absolute atomic E-state index is 13.5. The van der Waals surface area contributed by atoms with Crippen LogP contribution < -0.4 is 15.5 Å². The zero-order chi connectivity index (χ0) is 22.8. The highest BCUT2D eigenvalue weighted by molar-refractivity contribution is 6.32. The van der Waals surface area contributed by atoms with Gasteiger partial charge in [-0.3, -0.25) is 9.59 Å². The lowest BCUT2D eigenvalue weighted by atomic mass is 10.2. The summed E-state index contributed by atoms with van der Waals surface area (Å²) in [4.78, 5) is 24.4. The first-order chi connectivity index (χ1) is 14.6. The quantitative estimate of drug-likeness (QED) is 0.733. The Kier molecular flexibility index (Phi) is 6.38. The molecule has 1 aliphatic rings. The number of nitriles is 1. The summed E-state index contributed by atoms with van der Waals surface area (Å²) in [5, 5.41) is 14.0. The molecule has 0 spiro atoms. The van der Waals surface area contributed by atoms with Crippen LogP contribution in [-0.4, -0.2) is 36.9 Å². The predicted molar refractivity (Wildman–Crippen MR) is 108 cm³/mol. The van der Waals surface area contributed by atoms with Crippen LogP contribution in [0.4, 0.5) is 30.2 Å². The fraction of sp³-hybridized carbons (Fsp3) is 0.250. The molecule has 0 aliphatic carbocycles. The Morgan fingerprint density at radius 1 is 1.16 bits per heavy atom. The highest BCUT2D eigenvalue weighted by Gasteiger charge is 2.52. The molecule has 11 heteroatoms. The number of carbonyl (C=O) groups is 2. The normalized spacial score (nSPS) is 18.4. The van der Waals surface area contributed by atoms with Crippen LogP contribution in [0.3, 0.4) is 0 Å². The average molecular weight is 453 g/mol.